The first-order valence-electron chi connectivity index (χ1n) is 7.58. The summed E-state index contributed by atoms with van der Waals surface area (Å²) in [6.45, 7) is 1.44. The van der Waals surface area contributed by atoms with Gasteiger partial charge < -0.3 is 9.73 Å². The Morgan fingerprint density at radius 3 is 2.88 bits per heavy atom. The average molecular weight is 340 g/mol. The fourth-order valence-corrected chi connectivity index (χ4v) is 2.82. The molecule has 3 aromatic rings. The van der Waals surface area contributed by atoms with Gasteiger partial charge in [0.1, 0.15) is 17.9 Å². The van der Waals surface area contributed by atoms with Crippen molar-refractivity contribution in [3.63, 3.8) is 0 Å². The maximum atomic E-state index is 13.2. The van der Waals surface area contributed by atoms with Gasteiger partial charge >= 0.3 is 6.03 Å². The van der Waals surface area contributed by atoms with Crippen LogP contribution in [0.25, 0.3) is 11.1 Å². The number of halogens is 1. The predicted octanol–water partition coefficient (Wildman–Crippen LogP) is 2.33. The third kappa shape index (κ3) is 2.42. The van der Waals surface area contributed by atoms with Crippen molar-refractivity contribution in [1.29, 1.82) is 0 Å². The van der Waals surface area contributed by atoms with Gasteiger partial charge in [0.2, 0.25) is 5.89 Å². The van der Waals surface area contributed by atoms with E-state index in [4.69, 9.17) is 4.42 Å². The van der Waals surface area contributed by atoms with Crippen LogP contribution in [0.1, 0.15) is 18.5 Å². The number of urea groups is 1. The number of aromatic nitrogens is 2. The van der Waals surface area contributed by atoms with Gasteiger partial charge in [-0.15, -0.1) is 0 Å². The Morgan fingerprint density at radius 2 is 2.12 bits per heavy atom. The molecule has 8 heteroatoms. The highest BCUT2D eigenvalue weighted by Crippen LogP contribution is 2.28. The summed E-state index contributed by atoms with van der Waals surface area (Å²) < 4.78 is 18.7. The number of carbonyl (C=O) groups is 2. The summed E-state index contributed by atoms with van der Waals surface area (Å²) in [7, 11) is 0. The molecule has 2 aromatic heterocycles. The predicted molar refractivity (Wildman–Crippen MR) is 84.6 cm³/mol. The topological polar surface area (TPSA) is 88.3 Å². The minimum atomic E-state index is -1.25. The number of hydrogen-bond donors (Lipinski definition) is 1. The summed E-state index contributed by atoms with van der Waals surface area (Å²) >= 11 is 0. The summed E-state index contributed by atoms with van der Waals surface area (Å²) in [5, 5.41) is 2.66. The number of amides is 3. The fraction of sp³-hybridized carbons (Fsp3) is 0.176. The SMILES string of the molecule is CC1(c2ccccn2)NC(=O)N(Cc2nc3cc(F)ccc3o2)C1=O. The van der Waals surface area contributed by atoms with Gasteiger partial charge in [-0.2, -0.15) is 0 Å². The van der Waals surface area contributed by atoms with Crippen molar-refractivity contribution in [1.82, 2.24) is 20.2 Å². The first-order chi connectivity index (χ1) is 12.0. The van der Waals surface area contributed by atoms with Crippen LogP contribution in [-0.2, 0) is 16.9 Å². The summed E-state index contributed by atoms with van der Waals surface area (Å²) in [5.74, 6) is -0.746. The molecule has 1 atom stereocenters. The maximum absolute atomic E-state index is 13.2. The highest BCUT2D eigenvalue weighted by Gasteiger charge is 2.50. The minimum Gasteiger partial charge on any atom is -0.439 e. The fourth-order valence-electron chi connectivity index (χ4n) is 2.82. The van der Waals surface area contributed by atoms with Gasteiger partial charge in [0.05, 0.1) is 5.69 Å². The number of nitrogens with zero attached hydrogens (tertiary/aromatic N) is 3. The maximum Gasteiger partial charge on any atom is 0.325 e. The number of fused-ring (bicyclic) bond motifs is 1. The molecule has 1 aliphatic rings. The van der Waals surface area contributed by atoms with E-state index in [1.165, 1.54) is 18.2 Å². The summed E-state index contributed by atoms with van der Waals surface area (Å²) in [5.41, 5.74) is -0.0998. The van der Waals surface area contributed by atoms with Crippen LogP contribution in [0.3, 0.4) is 0 Å². The number of carbonyl (C=O) groups excluding carboxylic acids is 2. The average Bonchev–Trinajstić information content (AvgIpc) is 3.09. The van der Waals surface area contributed by atoms with Crippen molar-refractivity contribution in [3.05, 3.63) is 60.0 Å². The van der Waals surface area contributed by atoms with E-state index in [0.29, 0.717) is 16.8 Å². The first kappa shape index (κ1) is 15.3. The van der Waals surface area contributed by atoms with E-state index in [0.717, 1.165) is 4.90 Å². The molecule has 3 heterocycles. The molecule has 1 unspecified atom stereocenters. The molecule has 0 spiro atoms. The molecule has 25 heavy (non-hydrogen) atoms. The molecule has 0 radical (unpaired) electrons. The summed E-state index contributed by atoms with van der Waals surface area (Å²) in [4.78, 5) is 34.4. The number of rotatable bonds is 3. The van der Waals surface area contributed by atoms with Crippen molar-refractivity contribution in [2.45, 2.75) is 19.0 Å². The Hall–Kier alpha value is -3.29. The molecule has 0 bridgehead atoms. The summed E-state index contributed by atoms with van der Waals surface area (Å²) in [6.07, 6.45) is 1.55. The van der Waals surface area contributed by atoms with Crippen LogP contribution >= 0.6 is 0 Å². The van der Waals surface area contributed by atoms with Gasteiger partial charge in [0, 0.05) is 12.3 Å². The van der Waals surface area contributed by atoms with Crippen LogP contribution in [0.4, 0.5) is 9.18 Å². The van der Waals surface area contributed by atoms with Gasteiger partial charge in [-0.25, -0.2) is 14.2 Å². The van der Waals surface area contributed by atoms with E-state index in [-0.39, 0.29) is 12.4 Å². The molecule has 126 valence electrons. The molecule has 1 fully saturated rings. The molecule has 1 aromatic carbocycles. The van der Waals surface area contributed by atoms with Gasteiger partial charge in [0.15, 0.2) is 11.1 Å². The first-order valence-corrected chi connectivity index (χ1v) is 7.58. The third-order valence-electron chi connectivity index (χ3n) is 4.14. The van der Waals surface area contributed by atoms with E-state index in [1.54, 1.807) is 31.3 Å². The largest absolute Gasteiger partial charge is 0.439 e. The summed E-state index contributed by atoms with van der Waals surface area (Å²) in [6, 6.07) is 8.50. The Balaban J connectivity index is 1.64. The monoisotopic (exact) mass is 340 g/mol. The third-order valence-corrected chi connectivity index (χ3v) is 4.14. The Morgan fingerprint density at radius 1 is 1.28 bits per heavy atom. The second-order valence-corrected chi connectivity index (χ2v) is 5.88. The molecule has 1 aliphatic heterocycles. The van der Waals surface area contributed by atoms with E-state index in [1.807, 2.05) is 0 Å². The molecule has 1 saturated heterocycles. The van der Waals surface area contributed by atoms with Crippen molar-refractivity contribution >= 4 is 23.0 Å². The lowest BCUT2D eigenvalue weighted by atomic mass is 9.97. The van der Waals surface area contributed by atoms with Gasteiger partial charge in [0.25, 0.3) is 5.91 Å². The smallest absolute Gasteiger partial charge is 0.325 e. The van der Waals surface area contributed by atoms with E-state index in [2.05, 4.69) is 15.3 Å². The van der Waals surface area contributed by atoms with Crippen LogP contribution in [0.2, 0.25) is 0 Å². The van der Waals surface area contributed by atoms with Crippen molar-refractivity contribution in [2.24, 2.45) is 0 Å². The molecule has 1 N–H and O–H groups in total. The van der Waals surface area contributed by atoms with Crippen LogP contribution in [0, 0.1) is 5.82 Å². The van der Waals surface area contributed by atoms with Gasteiger partial charge in [-0.3, -0.25) is 14.7 Å². The zero-order chi connectivity index (χ0) is 17.6. The van der Waals surface area contributed by atoms with Crippen molar-refractivity contribution < 1.29 is 18.4 Å². The molecule has 0 aliphatic carbocycles. The normalized spacial score (nSPS) is 20.3. The van der Waals surface area contributed by atoms with E-state index >= 15 is 0 Å². The Labute approximate surface area is 141 Å². The minimum absolute atomic E-state index is 0.148. The van der Waals surface area contributed by atoms with E-state index in [9.17, 15) is 14.0 Å². The highest BCUT2D eigenvalue weighted by molar-refractivity contribution is 6.06. The lowest BCUT2D eigenvalue weighted by Crippen LogP contribution is -2.41. The van der Waals surface area contributed by atoms with Gasteiger partial charge in [-0.1, -0.05) is 6.07 Å². The Bertz CT molecular complexity index is 988. The number of oxazole rings is 1. The highest BCUT2D eigenvalue weighted by atomic mass is 19.1. The van der Waals surface area contributed by atoms with Crippen LogP contribution in [-0.4, -0.2) is 26.8 Å². The molecule has 0 saturated carbocycles. The van der Waals surface area contributed by atoms with Crippen LogP contribution in [0.15, 0.2) is 47.0 Å². The number of nitrogens with one attached hydrogen (secondary N) is 1. The van der Waals surface area contributed by atoms with Crippen LogP contribution < -0.4 is 5.32 Å². The number of imide groups is 1. The number of hydrogen-bond acceptors (Lipinski definition) is 5. The van der Waals surface area contributed by atoms with Crippen molar-refractivity contribution in [2.75, 3.05) is 0 Å². The molecular formula is C17H13FN4O3. The lowest BCUT2D eigenvalue weighted by molar-refractivity contribution is -0.131. The second-order valence-electron chi connectivity index (χ2n) is 5.88. The van der Waals surface area contributed by atoms with Crippen LogP contribution in [0.5, 0.6) is 0 Å². The second kappa shape index (κ2) is 5.37. The zero-order valence-corrected chi connectivity index (χ0v) is 13.2. The molecule has 4 rings (SSSR count). The zero-order valence-electron chi connectivity index (χ0n) is 13.2. The van der Waals surface area contributed by atoms with Gasteiger partial charge in [-0.05, 0) is 31.2 Å². The molecular weight excluding hydrogens is 327 g/mol. The lowest BCUT2D eigenvalue weighted by Gasteiger charge is -2.20. The standard InChI is InChI=1S/C17H13FN4O3/c1-17(13-4-2-3-7-19-13)15(23)22(16(24)21-17)9-14-20-11-8-10(18)5-6-12(11)25-14/h2-8H,9H2,1H3,(H,21,24). The quantitative estimate of drug-likeness (QED) is 0.739. The van der Waals surface area contributed by atoms with Crippen molar-refractivity contribution in [3.8, 4) is 0 Å². The Kier molecular flexibility index (Phi) is 3.28. The molecule has 7 nitrogen and oxygen atoms in total. The number of pyridine rings is 1. The number of benzene rings is 1. The molecule has 3 amide bonds. The van der Waals surface area contributed by atoms with E-state index < -0.39 is 23.3 Å².